The minimum Gasteiger partial charge on any atom is -0.506 e. The van der Waals surface area contributed by atoms with E-state index in [1.54, 1.807) is 24.3 Å². The number of hydrogen-bond donors (Lipinski definition) is 3. The molecule has 0 spiro atoms. The number of nitrogens with one attached hydrogen (secondary N) is 2. The van der Waals surface area contributed by atoms with E-state index in [0.717, 1.165) is 6.26 Å². The molecule has 1 aromatic carbocycles. The highest BCUT2D eigenvalue weighted by molar-refractivity contribution is 7.88. The molecule has 1 rings (SSSR count). The Labute approximate surface area is 89.2 Å². The van der Waals surface area contributed by atoms with Crippen LogP contribution >= 0.6 is 0 Å². The molecule has 0 aliphatic carbocycles. The van der Waals surface area contributed by atoms with Crippen molar-refractivity contribution in [1.82, 2.24) is 4.72 Å². The molecule has 0 aromatic heterocycles. The molecule has 3 N–H and O–H groups in total. The zero-order chi connectivity index (χ0) is 11.3. The largest absolute Gasteiger partial charge is 0.506 e. The monoisotopic (exact) mass is 230 g/mol. The molecule has 0 fully saturated rings. The van der Waals surface area contributed by atoms with Gasteiger partial charge in [-0.05, 0) is 12.1 Å². The molecule has 84 valence electrons. The van der Waals surface area contributed by atoms with Gasteiger partial charge in [-0.1, -0.05) is 12.1 Å². The van der Waals surface area contributed by atoms with E-state index < -0.39 is 10.0 Å². The Morgan fingerprint density at radius 1 is 1.27 bits per heavy atom. The van der Waals surface area contributed by atoms with Crippen molar-refractivity contribution in [2.45, 2.75) is 0 Å². The van der Waals surface area contributed by atoms with Crippen LogP contribution in [0.2, 0.25) is 0 Å². The van der Waals surface area contributed by atoms with Crippen LogP contribution in [-0.4, -0.2) is 32.9 Å². The van der Waals surface area contributed by atoms with Gasteiger partial charge in [-0.25, -0.2) is 13.1 Å². The molecule has 0 saturated heterocycles. The van der Waals surface area contributed by atoms with Crippen molar-refractivity contribution in [1.29, 1.82) is 0 Å². The van der Waals surface area contributed by atoms with Gasteiger partial charge in [-0.3, -0.25) is 0 Å². The molecule has 0 atom stereocenters. The molecule has 0 aliphatic heterocycles. The fourth-order valence-corrected chi connectivity index (χ4v) is 1.53. The van der Waals surface area contributed by atoms with Crippen LogP contribution in [0.3, 0.4) is 0 Å². The van der Waals surface area contributed by atoms with Crippen LogP contribution in [0.4, 0.5) is 5.69 Å². The average Bonchev–Trinajstić information content (AvgIpc) is 2.13. The van der Waals surface area contributed by atoms with Crippen molar-refractivity contribution in [2.24, 2.45) is 0 Å². The first kappa shape index (κ1) is 11.8. The number of sulfonamides is 1. The summed E-state index contributed by atoms with van der Waals surface area (Å²) in [4.78, 5) is 0. The molecular weight excluding hydrogens is 216 g/mol. The first-order chi connectivity index (χ1) is 6.99. The SMILES string of the molecule is CS(=O)(=O)NCCNc1ccccc1O. The topological polar surface area (TPSA) is 78.4 Å². The van der Waals surface area contributed by atoms with E-state index >= 15 is 0 Å². The second-order valence-corrected chi connectivity index (χ2v) is 4.94. The standard InChI is InChI=1S/C9H14N2O3S/c1-15(13,14)11-7-6-10-8-4-2-3-5-9(8)12/h2-5,10-12H,6-7H2,1H3. The molecule has 0 aliphatic rings. The lowest BCUT2D eigenvalue weighted by Gasteiger charge is -2.07. The number of anilines is 1. The minimum atomic E-state index is -3.14. The Kier molecular flexibility index (Phi) is 3.93. The van der Waals surface area contributed by atoms with Gasteiger partial charge in [0.1, 0.15) is 5.75 Å². The van der Waals surface area contributed by atoms with Gasteiger partial charge < -0.3 is 10.4 Å². The molecule has 0 radical (unpaired) electrons. The molecule has 6 heteroatoms. The number of phenolic OH excluding ortho intramolecular Hbond substituents is 1. The normalized spacial score (nSPS) is 11.3. The molecule has 0 amide bonds. The summed E-state index contributed by atoms with van der Waals surface area (Å²) in [6.45, 7) is 0.706. The van der Waals surface area contributed by atoms with E-state index in [-0.39, 0.29) is 12.3 Å². The summed E-state index contributed by atoms with van der Waals surface area (Å²) in [6, 6.07) is 6.78. The van der Waals surface area contributed by atoms with Gasteiger partial charge in [0.05, 0.1) is 11.9 Å². The fraction of sp³-hybridized carbons (Fsp3) is 0.333. The maximum absolute atomic E-state index is 10.7. The maximum atomic E-state index is 10.7. The van der Waals surface area contributed by atoms with Crippen LogP contribution < -0.4 is 10.0 Å². The second kappa shape index (κ2) is 4.99. The summed E-state index contributed by atoms with van der Waals surface area (Å²) >= 11 is 0. The van der Waals surface area contributed by atoms with E-state index in [1.807, 2.05) is 0 Å². The lowest BCUT2D eigenvalue weighted by Crippen LogP contribution is -2.27. The number of hydrogen-bond acceptors (Lipinski definition) is 4. The van der Waals surface area contributed by atoms with E-state index in [2.05, 4.69) is 10.0 Å². The molecule has 0 heterocycles. The molecular formula is C9H14N2O3S. The lowest BCUT2D eigenvalue weighted by atomic mass is 10.3. The minimum absolute atomic E-state index is 0.150. The third-order valence-corrected chi connectivity index (χ3v) is 2.44. The summed E-state index contributed by atoms with van der Waals surface area (Å²) in [6.07, 6.45) is 1.10. The van der Waals surface area contributed by atoms with E-state index in [4.69, 9.17) is 0 Å². The Morgan fingerprint density at radius 2 is 1.93 bits per heavy atom. The van der Waals surface area contributed by atoms with E-state index in [9.17, 15) is 13.5 Å². The number of benzene rings is 1. The number of aromatic hydroxyl groups is 1. The number of para-hydroxylation sites is 2. The van der Waals surface area contributed by atoms with Crippen LogP contribution in [-0.2, 0) is 10.0 Å². The van der Waals surface area contributed by atoms with Gasteiger partial charge in [-0.2, -0.15) is 0 Å². The maximum Gasteiger partial charge on any atom is 0.208 e. The molecule has 0 unspecified atom stereocenters. The molecule has 15 heavy (non-hydrogen) atoms. The highest BCUT2D eigenvalue weighted by Crippen LogP contribution is 2.20. The van der Waals surface area contributed by atoms with E-state index in [1.165, 1.54) is 0 Å². The summed E-state index contributed by atoms with van der Waals surface area (Å²) in [5.41, 5.74) is 0.591. The van der Waals surface area contributed by atoms with Gasteiger partial charge in [0.2, 0.25) is 10.0 Å². The predicted molar refractivity (Wildman–Crippen MR) is 59.4 cm³/mol. The van der Waals surface area contributed by atoms with Crippen LogP contribution in [0, 0.1) is 0 Å². The lowest BCUT2D eigenvalue weighted by molar-refractivity contribution is 0.477. The highest BCUT2D eigenvalue weighted by Gasteiger charge is 2.00. The van der Waals surface area contributed by atoms with Crippen LogP contribution in [0.25, 0.3) is 0 Å². The van der Waals surface area contributed by atoms with Crippen molar-refractivity contribution in [3.8, 4) is 5.75 Å². The molecule has 5 nitrogen and oxygen atoms in total. The molecule has 1 aromatic rings. The average molecular weight is 230 g/mol. The number of rotatable bonds is 5. The van der Waals surface area contributed by atoms with Crippen molar-refractivity contribution in [3.63, 3.8) is 0 Å². The zero-order valence-corrected chi connectivity index (χ0v) is 9.21. The first-order valence-corrected chi connectivity index (χ1v) is 6.35. The van der Waals surface area contributed by atoms with Crippen molar-refractivity contribution in [3.05, 3.63) is 24.3 Å². The van der Waals surface area contributed by atoms with E-state index in [0.29, 0.717) is 12.2 Å². The first-order valence-electron chi connectivity index (χ1n) is 4.45. The molecule has 0 bridgehead atoms. The molecule has 0 saturated carbocycles. The predicted octanol–water partition coefficient (Wildman–Crippen LogP) is 0.353. The smallest absolute Gasteiger partial charge is 0.208 e. The Balaban J connectivity index is 2.36. The van der Waals surface area contributed by atoms with Crippen LogP contribution in [0.15, 0.2) is 24.3 Å². The number of phenols is 1. The van der Waals surface area contributed by atoms with Crippen LogP contribution in [0.1, 0.15) is 0 Å². The van der Waals surface area contributed by atoms with Gasteiger partial charge in [0.15, 0.2) is 0 Å². The van der Waals surface area contributed by atoms with Gasteiger partial charge in [0, 0.05) is 13.1 Å². The Morgan fingerprint density at radius 3 is 2.53 bits per heavy atom. The summed E-state index contributed by atoms with van der Waals surface area (Å²) < 4.78 is 23.8. The summed E-state index contributed by atoms with van der Waals surface area (Å²) in [5, 5.41) is 12.3. The third kappa shape index (κ3) is 4.66. The summed E-state index contributed by atoms with van der Waals surface area (Å²) in [7, 11) is -3.14. The van der Waals surface area contributed by atoms with Crippen LogP contribution in [0.5, 0.6) is 5.75 Å². The quantitative estimate of drug-likeness (QED) is 0.504. The highest BCUT2D eigenvalue weighted by atomic mass is 32.2. The van der Waals surface area contributed by atoms with Crippen molar-refractivity contribution in [2.75, 3.05) is 24.7 Å². The zero-order valence-electron chi connectivity index (χ0n) is 8.40. The van der Waals surface area contributed by atoms with Crippen molar-refractivity contribution < 1.29 is 13.5 Å². The van der Waals surface area contributed by atoms with Gasteiger partial charge >= 0.3 is 0 Å². The second-order valence-electron chi connectivity index (χ2n) is 3.11. The fourth-order valence-electron chi connectivity index (χ4n) is 1.06. The third-order valence-electron chi connectivity index (χ3n) is 1.71. The van der Waals surface area contributed by atoms with Gasteiger partial charge in [0.25, 0.3) is 0 Å². The Hall–Kier alpha value is -1.27. The summed E-state index contributed by atoms with van der Waals surface area (Å²) in [5.74, 6) is 0.150. The van der Waals surface area contributed by atoms with Crippen molar-refractivity contribution >= 4 is 15.7 Å². The van der Waals surface area contributed by atoms with Gasteiger partial charge in [-0.15, -0.1) is 0 Å². The Bertz CT molecular complexity index is 417.